The molecule has 1 aromatic carbocycles. The van der Waals surface area contributed by atoms with Crippen molar-refractivity contribution in [2.45, 2.75) is 58.2 Å². The first kappa shape index (κ1) is 18.3. The van der Waals surface area contributed by atoms with E-state index >= 15 is 0 Å². The largest absolute Gasteiger partial charge is 0.373 e. The molecule has 1 amide bonds. The lowest BCUT2D eigenvalue weighted by Crippen LogP contribution is -2.44. The van der Waals surface area contributed by atoms with E-state index in [-0.39, 0.29) is 24.4 Å². The van der Waals surface area contributed by atoms with Gasteiger partial charge in [-0.1, -0.05) is 12.1 Å². The summed E-state index contributed by atoms with van der Waals surface area (Å²) in [7, 11) is 0. The highest BCUT2D eigenvalue weighted by atomic mass is 16.8. The van der Waals surface area contributed by atoms with Gasteiger partial charge < -0.3 is 9.47 Å². The van der Waals surface area contributed by atoms with Crippen LogP contribution in [0.3, 0.4) is 0 Å². The minimum Gasteiger partial charge on any atom is -0.373 e. The maximum absolute atomic E-state index is 12.2. The van der Waals surface area contributed by atoms with Gasteiger partial charge in [-0.05, 0) is 44.4 Å². The summed E-state index contributed by atoms with van der Waals surface area (Å²) in [5, 5.41) is 0. The summed E-state index contributed by atoms with van der Waals surface area (Å²) in [6.07, 6.45) is 3.11. The van der Waals surface area contributed by atoms with Crippen molar-refractivity contribution in [1.82, 2.24) is 10.4 Å². The summed E-state index contributed by atoms with van der Waals surface area (Å²) in [4.78, 5) is 19.9. The van der Waals surface area contributed by atoms with E-state index < -0.39 is 0 Å². The van der Waals surface area contributed by atoms with Crippen molar-refractivity contribution >= 4 is 5.91 Å². The number of nitrogens with zero attached hydrogens (tertiary/aromatic N) is 1. The number of amides is 1. The van der Waals surface area contributed by atoms with E-state index in [1.807, 2.05) is 24.3 Å². The lowest BCUT2D eigenvalue weighted by molar-refractivity contribution is -0.186. The van der Waals surface area contributed by atoms with Crippen molar-refractivity contribution in [3.8, 4) is 0 Å². The Morgan fingerprint density at radius 1 is 1.20 bits per heavy atom. The van der Waals surface area contributed by atoms with E-state index in [9.17, 15) is 4.79 Å². The number of rotatable bonds is 5. The Bertz CT molecular complexity index is 547. The normalized spacial score (nSPS) is 27.8. The average Bonchev–Trinajstić information content (AvgIpc) is 2.60. The minimum atomic E-state index is -0.331. The van der Waals surface area contributed by atoms with E-state index in [0.29, 0.717) is 12.2 Å². The van der Waals surface area contributed by atoms with Crippen molar-refractivity contribution in [2.75, 3.05) is 19.7 Å². The average molecular weight is 348 g/mol. The lowest BCUT2D eigenvalue weighted by atomic mass is 10.1. The molecule has 6 heteroatoms. The molecule has 0 spiro atoms. The summed E-state index contributed by atoms with van der Waals surface area (Å²) in [6.45, 7) is 7.63. The van der Waals surface area contributed by atoms with E-state index in [0.717, 1.165) is 38.9 Å². The van der Waals surface area contributed by atoms with Gasteiger partial charge in [-0.3, -0.25) is 9.69 Å². The molecule has 2 aliphatic heterocycles. The van der Waals surface area contributed by atoms with Crippen LogP contribution in [0.1, 0.15) is 49.0 Å². The van der Waals surface area contributed by atoms with Gasteiger partial charge in [0.25, 0.3) is 5.91 Å². The molecule has 3 rings (SSSR count). The second-order valence-corrected chi connectivity index (χ2v) is 6.99. The molecule has 0 unspecified atom stereocenters. The second-order valence-electron chi connectivity index (χ2n) is 6.99. The number of hydrogen-bond donors (Lipinski definition) is 1. The van der Waals surface area contributed by atoms with Crippen LogP contribution in [0.5, 0.6) is 0 Å². The summed E-state index contributed by atoms with van der Waals surface area (Å²) < 4.78 is 11.2. The fraction of sp³-hybridized carbons (Fsp3) is 0.632. The molecular formula is C19H28N2O4. The van der Waals surface area contributed by atoms with Crippen molar-refractivity contribution in [3.63, 3.8) is 0 Å². The van der Waals surface area contributed by atoms with Crippen molar-refractivity contribution in [1.29, 1.82) is 0 Å². The van der Waals surface area contributed by atoms with E-state index in [1.54, 1.807) is 0 Å². The summed E-state index contributed by atoms with van der Waals surface area (Å²) in [5.74, 6) is -0.241. The Kier molecular flexibility index (Phi) is 6.42. The highest BCUT2D eigenvalue weighted by Gasteiger charge is 2.22. The van der Waals surface area contributed by atoms with Gasteiger partial charge in [0.05, 0.1) is 12.2 Å². The first-order chi connectivity index (χ1) is 12.1. The maximum atomic E-state index is 12.2. The molecule has 25 heavy (non-hydrogen) atoms. The molecule has 2 fully saturated rings. The van der Waals surface area contributed by atoms with Gasteiger partial charge in [-0.15, -0.1) is 0 Å². The monoisotopic (exact) mass is 348 g/mol. The van der Waals surface area contributed by atoms with Crippen LogP contribution in [0.15, 0.2) is 24.3 Å². The number of morpholine rings is 1. The molecule has 0 aliphatic carbocycles. The topological polar surface area (TPSA) is 60.0 Å². The Morgan fingerprint density at radius 2 is 1.92 bits per heavy atom. The minimum absolute atomic E-state index is 0.241. The molecular weight excluding hydrogens is 320 g/mol. The summed E-state index contributed by atoms with van der Waals surface area (Å²) in [5.41, 5.74) is 4.27. The zero-order valence-corrected chi connectivity index (χ0v) is 15.1. The number of carbonyl (C=O) groups excluding carboxylic acids is 1. The summed E-state index contributed by atoms with van der Waals surface area (Å²) in [6, 6.07) is 7.67. The SMILES string of the molecule is C[C@@H]1CN(Cc2ccc(C(=O)NO[C@H]3CCCCO3)cc2)C[C@H](C)O1. The predicted molar refractivity (Wildman–Crippen MR) is 93.9 cm³/mol. The van der Waals surface area contributed by atoms with E-state index in [2.05, 4.69) is 24.2 Å². The molecule has 0 bridgehead atoms. The Hall–Kier alpha value is -1.47. The first-order valence-electron chi connectivity index (χ1n) is 9.14. The highest BCUT2D eigenvalue weighted by Crippen LogP contribution is 2.15. The van der Waals surface area contributed by atoms with E-state index in [4.69, 9.17) is 14.3 Å². The van der Waals surface area contributed by atoms with Crippen molar-refractivity contribution in [2.24, 2.45) is 0 Å². The van der Waals surface area contributed by atoms with Crippen molar-refractivity contribution < 1.29 is 19.1 Å². The standard InChI is InChI=1S/C19H28N2O4/c1-14-11-21(12-15(2)24-14)13-16-6-8-17(9-7-16)19(22)20-25-18-5-3-4-10-23-18/h6-9,14-15,18H,3-5,10-13H2,1-2H3,(H,20,22)/t14-,15+,18-/m0/s1. The second kappa shape index (κ2) is 8.76. The number of nitrogens with one attached hydrogen (secondary N) is 1. The van der Waals surface area contributed by atoms with Crippen molar-refractivity contribution in [3.05, 3.63) is 35.4 Å². The molecule has 1 aromatic rings. The third-order valence-electron chi connectivity index (χ3n) is 4.54. The highest BCUT2D eigenvalue weighted by molar-refractivity contribution is 5.93. The predicted octanol–water partition coefficient (Wildman–Crippen LogP) is 2.48. The van der Waals surface area contributed by atoms with Crippen LogP contribution >= 0.6 is 0 Å². The number of benzene rings is 1. The Balaban J connectivity index is 1.48. The summed E-state index contributed by atoms with van der Waals surface area (Å²) >= 11 is 0. The van der Waals surface area contributed by atoms with Crippen LogP contribution in [0, 0.1) is 0 Å². The molecule has 2 aliphatic rings. The molecule has 138 valence electrons. The first-order valence-corrected chi connectivity index (χ1v) is 9.14. The van der Waals surface area contributed by atoms with Crippen LogP contribution in [-0.2, 0) is 20.9 Å². The third kappa shape index (κ3) is 5.51. The number of hydroxylamine groups is 1. The van der Waals surface area contributed by atoms with Crippen LogP contribution in [0.2, 0.25) is 0 Å². The molecule has 0 aromatic heterocycles. The maximum Gasteiger partial charge on any atom is 0.274 e. The fourth-order valence-corrected chi connectivity index (χ4v) is 3.42. The Morgan fingerprint density at radius 3 is 2.56 bits per heavy atom. The fourth-order valence-electron chi connectivity index (χ4n) is 3.42. The number of hydrogen-bond acceptors (Lipinski definition) is 5. The molecule has 6 nitrogen and oxygen atoms in total. The molecule has 0 saturated carbocycles. The molecule has 1 N–H and O–H groups in total. The van der Waals surface area contributed by atoms with Crippen LogP contribution in [-0.4, -0.2) is 49.0 Å². The van der Waals surface area contributed by atoms with Crippen LogP contribution in [0.25, 0.3) is 0 Å². The Labute approximate surface area is 149 Å². The molecule has 3 atom stereocenters. The zero-order valence-electron chi connectivity index (χ0n) is 15.1. The smallest absolute Gasteiger partial charge is 0.274 e. The van der Waals surface area contributed by atoms with Gasteiger partial charge in [-0.25, -0.2) is 10.3 Å². The van der Waals surface area contributed by atoms with Crippen LogP contribution < -0.4 is 5.48 Å². The lowest BCUT2D eigenvalue weighted by Gasteiger charge is -2.35. The number of ether oxygens (including phenoxy) is 2. The van der Waals surface area contributed by atoms with Gasteiger partial charge in [0.15, 0.2) is 6.29 Å². The molecule has 0 radical (unpaired) electrons. The molecule has 2 heterocycles. The van der Waals surface area contributed by atoms with Gasteiger partial charge in [-0.2, -0.15) is 0 Å². The van der Waals surface area contributed by atoms with Gasteiger partial charge in [0, 0.05) is 38.2 Å². The number of carbonyl (C=O) groups is 1. The molecule has 2 saturated heterocycles. The van der Waals surface area contributed by atoms with E-state index in [1.165, 1.54) is 5.56 Å². The van der Waals surface area contributed by atoms with Gasteiger partial charge in [0.2, 0.25) is 0 Å². The quantitative estimate of drug-likeness (QED) is 0.829. The van der Waals surface area contributed by atoms with Gasteiger partial charge in [0.1, 0.15) is 0 Å². The zero-order chi connectivity index (χ0) is 17.6. The third-order valence-corrected chi connectivity index (χ3v) is 4.54. The van der Waals surface area contributed by atoms with Gasteiger partial charge >= 0.3 is 0 Å². The van der Waals surface area contributed by atoms with Crippen LogP contribution in [0.4, 0.5) is 0 Å².